The Kier molecular flexibility index (Phi) is 36.9. The number of halogens is 6. The first kappa shape index (κ1) is 86.1. The van der Waals surface area contributed by atoms with Crippen molar-refractivity contribution in [2.24, 2.45) is 0 Å². The Hall–Kier alpha value is -10.8. The van der Waals surface area contributed by atoms with Gasteiger partial charge in [-0.25, -0.2) is 9.97 Å². The molecule has 2 heterocycles. The number of carbonyl (C=O) groups is 8. The zero-order chi connectivity index (χ0) is 78.1. The molecule has 0 aliphatic heterocycles. The summed E-state index contributed by atoms with van der Waals surface area (Å²) in [5.74, 6) is -4.96. The van der Waals surface area contributed by atoms with Gasteiger partial charge in [0, 0.05) is 77.1 Å². The number of amides is 6. The monoisotopic (exact) mass is 1520 g/mol. The van der Waals surface area contributed by atoms with Gasteiger partial charge < -0.3 is 90.6 Å². The molecule has 0 spiro atoms. The zero-order valence-corrected chi connectivity index (χ0v) is 59.6. The topological polar surface area (TPSA) is 373 Å². The highest BCUT2D eigenvalue weighted by Crippen LogP contribution is 2.29. The number of aliphatic carboxylic acids is 2. The fourth-order valence-corrected chi connectivity index (χ4v) is 10.3. The SMILES string of the molecule is Cc1ccnc(NCCCC(=O)NC(Cc2ccc(OCCOCCOCCNC(=O)CCC(=O)NCCOCCOCCOc3ccc(CC(NC(=O)CCCNc4cc(C)ccn4)C(=O)NC(CC(=O)O)c4cccc(OC(F)(F)F)c4)cc3)cc2)C(=O)NC(CC(=O)O)c2cccc(OC(F)(F)F)c2)c1. The summed E-state index contributed by atoms with van der Waals surface area (Å²) in [6.07, 6.45) is -7.59. The van der Waals surface area contributed by atoms with Crippen molar-refractivity contribution in [3.63, 3.8) is 0 Å². The van der Waals surface area contributed by atoms with Crippen LogP contribution in [0, 0.1) is 13.8 Å². The Bertz CT molecular complexity index is 3560. The number of carbonyl (C=O) groups excluding carboxylic acids is 6. The number of benzene rings is 4. The van der Waals surface area contributed by atoms with E-state index in [1.54, 1.807) is 60.9 Å². The first-order valence-electron chi connectivity index (χ1n) is 34.7. The van der Waals surface area contributed by atoms with Crippen molar-refractivity contribution in [1.29, 1.82) is 0 Å². The van der Waals surface area contributed by atoms with Crippen LogP contribution in [0.3, 0.4) is 0 Å². The summed E-state index contributed by atoms with van der Waals surface area (Å²) in [7, 11) is 0. The van der Waals surface area contributed by atoms with Crippen LogP contribution in [0.25, 0.3) is 0 Å². The molecular formula is C74H90F6N10O18. The minimum Gasteiger partial charge on any atom is -0.491 e. The molecule has 0 bridgehead atoms. The number of aryl methyl sites for hydroxylation is 2. The number of ether oxygens (including phenoxy) is 8. The minimum atomic E-state index is -5.02. The van der Waals surface area contributed by atoms with Gasteiger partial charge >= 0.3 is 24.7 Å². The Morgan fingerprint density at radius 1 is 0.417 bits per heavy atom. The lowest BCUT2D eigenvalue weighted by Crippen LogP contribution is -2.49. The zero-order valence-electron chi connectivity index (χ0n) is 59.6. The van der Waals surface area contributed by atoms with Gasteiger partial charge in [-0.3, -0.25) is 38.4 Å². The molecule has 28 nitrogen and oxygen atoms in total. The van der Waals surface area contributed by atoms with E-state index in [0.717, 1.165) is 35.4 Å². The van der Waals surface area contributed by atoms with Crippen LogP contribution in [0.15, 0.2) is 134 Å². The Morgan fingerprint density at radius 2 is 0.787 bits per heavy atom. The summed E-state index contributed by atoms with van der Waals surface area (Å²) < 4.78 is 120. The molecule has 2 aromatic heterocycles. The van der Waals surface area contributed by atoms with E-state index in [1.807, 2.05) is 38.1 Å². The number of nitrogens with one attached hydrogen (secondary N) is 8. The number of pyridine rings is 2. The van der Waals surface area contributed by atoms with Gasteiger partial charge in [-0.2, -0.15) is 0 Å². The third-order valence-electron chi connectivity index (χ3n) is 15.5. The van der Waals surface area contributed by atoms with Crippen molar-refractivity contribution < 1.29 is 113 Å². The van der Waals surface area contributed by atoms with Gasteiger partial charge in [0.05, 0.1) is 77.8 Å². The highest BCUT2D eigenvalue weighted by Gasteiger charge is 2.34. The molecule has 6 rings (SSSR count). The van der Waals surface area contributed by atoms with E-state index in [9.17, 15) is 74.9 Å². The second kappa shape index (κ2) is 46.3. The van der Waals surface area contributed by atoms with Crippen LogP contribution in [-0.2, 0) is 70.1 Å². The van der Waals surface area contributed by atoms with Gasteiger partial charge in [-0.05, 0) is 133 Å². The number of aromatic nitrogens is 2. The maximum Gasteiger partial charge on any atom is 0.573 e. The van der Waals surface area contributed by atoms with Gasteiger partial charge in [-0.15, -0.1) is 26.3 Å². The number of hydrogen-bond acceptors (Lipinski definition) is 20. The van der Waals surface area contributed by atoms with Gasteiger partial charge in [0.15, 0.2) is 0 Å². The van der Waals surface area contributed by atoms with Gasteiger partial charge in [0.2, 0.25) is 35.4 Å². The second-order valence-corrected chi connectivity index (χ2v) is 24.3. The lowest BCUT2D eigenvalue weighted by Gasteiger charge is -2.24. The van der Waals surface area contributed by atoms with E-state index in [1.165, 1.54) is 24.3 Å². The molecule has 6 aromatic rings. The number of hydrogen-bond donors (Lipinski definition) is 10. The smallest absolute Gasteiger partial charge is 0.491 e. The molecule has 0 aliphatic carbocycles. The number of nitrogens with zero attached hydrogens (tertiary/aromatic N) is 2. The fourth-order valence-electron chi connectivity index (χ4n) is 10.3. The summed E-state index contributed by atoms with van der Waals surface area (Å²) in [6.45, 7) is 6.96. The lowest BCUT2D eigenvalue weighted by atomic mass is 10.0. The Labute approximate surface area is 619 Å². The van der Waals surface area contributed by atoms with Crippen LogP contribution in [0.1, 0.15) is 96.8 Å². The molecule has 4 unspecified atom stereocenters. The lowest BCUT2D eigenvalue weighted by molar-refractivity contribution is -0.275. The van der Waals surface area contributed by atoms with Gasteiger partial charge in [0.1, 0.15) is 59.9 Å². The predicted octanol–water partition coefficient (Wildman–Crippen LogP) is 7.93. The highest BCUT2D eigenvalue weighted by atomic mass is 19.4. The summed E-state index contributed by atoms with van der Waals surface area (Å²) >= 11 is 0. The average molecular weight is 1520 g/mol. The molecule has 586 valence electrons. The van der Waals surface area contributed by atoms with Crippen LogP contribution in [0.5, 0.6) is 23.0 Å². The maximum absolute atomic E-state index is 13.9. The predicted molar refractivity (Wildman–Crippen MR) is 380 cm³/mol. The molecule has 0 saturated heterocycles. The van der Waals surface area contributed by atoms with E-state index in [2.05, 4.69) is 62.0 Å². The van der Waals surface area contributed by atoms with Crippen LogP contribution in [0.4, 0.5) is 38.0 Å². The molecule has 10 N–H and O–H groups in total. The molecule has 0 saturated carbocycles. The largest absolute Gasteiger partial charge is 0.573 e. The van der Waals surface area contributed by atoms with Crippen molar-refractivity contribution in [3.05, 3.63) is 167 Å². The molecule has 4 aromatic carbocycles. The molecule has 4 atom stereocenters. The summed E-state index contributed by atoms with van der Waals surface area (Å²) in [5, 5.41) is 41.6. The van der Waals surface area contributed by atoms with Crippen LogP contribution < -0.4 is 61.5 Å². The molecule has 34 heteroatoms. The quantitative estimate of drug-likeness (QED) is 0.0128. The molecule has 6 amide bonds. The molecule has 0 fully saturated rings. The Morgan fingerprint density at radius 3 is 1.15 bits per heavy atom. The van der Waals surface area contributed by atoms with E-state index in [-0.39, 0.29) is 141 Å². The first-order chi connectivity index (χ1) is 51.7. The van der Waals surface area contributed by atoms with Crippen LogP contribution >= 0.6 is 0 Å². The third kappa shape index (κ3) is 36.4. The third-order valence-corrected chi connectivity index (χ3v) is 15.5. The normalized spacial score (nSPS) is 12.4. The molecule has 108 heavy (non-hydrogen) atoms. The number of carboxylic acid groups (broad SMARTS) is 2. The van der Waals surface area contributed by atoms with Crippen molar-refractivity contribution in [2.45, 2.75) is 115 Å². The van der Waals surface area contributed by atoms with E-state index >= 15 is 0 Å². The van der Waals surface area contributed by atoms with Crippen molar-refractivity contribution in [3.8, 4) is 23.0 Å². The maximum atomic E-state index is 13.9. The summed E-state index contributed by atoms with van der Waals surface area (Å²) in [5.41, 5.74) is 3.21. The number of carboxylic acids is 2. The number of rotatable bonds is 51. The van der Waals surface area contributed by atoms with Crippen LogP contribution in [-0.4, -0.2) is 185 Å². The van der Waals surface area contributed by atoms with E-state index < -0.39 is 96.8 Å². The second-order valence-electron chi connectivity index (χ2n) is 24.3. The van der Waals surface area contributed by atoms with E-state index in [0.29, 0.717) is 60.2 Å². The van der Waals surface area contributed by atoms with Gasteiger partial charge in [0.25, 0.3) is 0 Å². The summed E-state index contributed by atoms with van der Waals surface area (Å²) in [6, 6.07) is 24.8. The van der Waals surface area contributed by atoms with Gasteiger partial charge in [-0.1, -0.05) is 48.5 Å². The first-order valence-corrected chi connectivity index (χ1v) is 34.7. The highest BCUT2D eigenvalue weighted by molar-refractivity contribution is 5.89. The number of anilines is 2. The fraction of sp³-hybridized carbons (Fsp3) is 0.432. The molecule has 0 radical (unpaired) electrons. The van der Waals surface area contributed by atoms with Crippen molar-refractivity contribution in [2.75, 3.05) is 103 Å². The average Bonchev–Trinajstić information content (AvgIpc) is 0.842. The summed E-state index contributed by atoms with van der Waals surface area (Å²) in [4.78, 5) is 111. The standard InChI is InChI=1S/C74H90F6N10O18/c1-49-23-27-83-63(41-49)81-25-5-11-67(93)87-61(71(99)89-59(47-69(95)96)53-7-3-9-57(45-53)107-73(75,76)77)43-51-13-17-55(18-14-51)105-39-37-103-35-33-101-31-29-85-65(91)21-22-66(92)86-30-32-102-34-36-104-38-40-106-56-19-15-52(16-20-56)44-62(88-68(94)12-6-26-82-64-42-50(2)24-28-84-64)72(100)90-60(48-70(97)98)54-8-4-10-58(46-54)108-74(78,79)80/h3-4,7-10,13-20,23-24,27-28,41-42,45-46,59-62H,5-6,11-12,21-22,25-26,29-40,43-44,47-48H2,1-2H3,(H,81,83)(H,82,84)(H,85,91)(H,86,92)(H,87,93)(H,88,94)(H,89,99)(H,90,100)(H,95,96)(H,97,98). The van der Waals surface area contributed by atoms with E-state index in [4.69, 9.17) is 28.4 Å². The molecule has 0 aliphatic rings. The molecular weight excluding hydrogens is 1430 g/mol. The number of alkyl halides is 6. The Balaban J connectivity index is 0.802. The van der Waals surface area contributed by atoms with Crippen molar-refractivity contribution in [1.82, 2.24) is 41.9 Å². The minimum absolute atomic E-state index is 0.00720. The van der Waals surface area contributed by atoms with Crippen molar-refractivity contribution >= 4 is 59.0 Å². The van der Waals surface area contributed by atoms with Crippen LogP contribution in [0.2, 0.25) is 0 Å².